The molecule has 24 heavy (non-hydrogen) atoms. The molecule has 1 aliphatic rings. The summed E-state index contributed by atoms with van der Waals surface area (Å²) in [6.07, 6.45) is 0.823. The number of halogens is 1. The summed E-state index contributed by atoms with van der Waals surface area (Å²) >= 11 is 6.03. The first kappa shape index (κ1) is 18.5. The third-order valence-corrected chi connectivity index (χ3v) is 4.30. The van der Waals surface area contributed by atoms with Gasteiger partial charge in [-0.3, -0.25) is 14.5 Å². The maximum Gasteiger partial charge on any atom is 0.317 e. The van der Waals surface area contributed by atoms with Crippen LogP contribution < -0.4 is 4.90 Å². The molecular weight excluding hydrogens is 330 g/mol. The number of piperazine rings is 1. The van der Waals surface area contributed by atoms with Crippen molar-refractivity contribution in [3.8, 4) is 0 Å². The van der Waals surface area contributed by atoms with Gasteiger partial charge in [-0.15, -0.1) is 0 Å². The molecular formula is C17H24ClN3O3. The van der Waals surface area contributed by atoms with Crippen LogP contribution in [0.1, 0.15) is 13.3 Å². The van der Waals surface area contributed by atoms with Gasteiger partial charge in [-0.25, -0.2) is 0 Å². The van der Waals surface area contributed by atoms with E-state index in [4.69, 9.17) is 16.7 Å². The molecule has 0 bridgehead atoms. The lowest BCUT2D eigenvalue weighted by molar-refractivity contribution is -0.139. The second-order valence-electron chi connectivity index (χ2n) is 5.95. The Morgan fingerprint density at radius 3 is 2.50 bits per heavy atom. The van der Waals surface area contributed by atoms with E-state index in [-0.39, 0.29) is 19.0 Å². The van der Waals surface area contributed by atoms with Crippen LogP contribution in [0.5, 0.6) is 0 Å². The Morgan fingerprint density at radius 2 is 1.92 bits per heavy atom. The fourth-order valence-corrected chi connectivity index (χ4v) is 3.08. The zero-order valence-electron chi connectivity index (χ0n) is 13.9. The monoisotopic (exact) mass is 353 g/mol. The summed E-state index contributed by atoms with van der Waals surface area (Å²) in [6, 6.07) is 7.70. The molecule has 1 amide bonds. The summed E-state index contributed by atoms with van der Waals surface area (Å²) in [5, 5.41) is 9.64. The van der Waals surface area contributed by atoms with Crippen molar-refractivity contribution in [2.75, 3.05) is 50.7 Å². The maximum atomic E-state index is 12.4. The van der Waals surface area contributed by atoms with Crippen molar-refractivity contribution in [3.05, 3.63) is 29.3 Å². The van der Waals surface area contributed by atoms with E-state index in [0.717, 1.165) is 25.2 Å². The zero-order valence-corrected chi connectivity index (χ0v) is 14.7. The minimum absolute atomic E-state index is 0.00422. The van der Waals surface area contributed by atoms with Crippen LogP contribution >= 0.6 is 11.6 Å². The number of benzene rings is 1. The number of hydrogen-bond donors (Lipinski definition) is 1. The molecule has 0 spiro atoms. The Morgan fingerprint density at radius 1 is 1.21 bits per heavy atom. The average molecular weight is 354 g/mol. The topological polar surface area (TPSA) is 64.1 Å². The first-order chi connectivity index (χ1) is 11.5. The number of carboxylic acid groups (broad SMARTS) is 1. The number of carbonyl (C=O) groups excluding carboxylic acids is 1. The Hall–Kier alpha value is -1.79. The van der Waals surface area contributed by atoms with E-state index in [1.807, 2.05) is 36.1 Å². The quantitative estimate of drug-likeness (QED) is 0.809. The van der Waals surface area contributed by atoms with Crippen LogP contribution in [-0.4, -0.2) is 72.6 Å². The van der Waals surface area contributed by atoms with Gasteiger partial charge < -0.3 is 14.9 Å². The number of carboxylic acids is 1. The van der Waals surface area contributed by atoms with Crippen LogP contribution in [0.2, 0.25) is 5.02 Å². The van der Waals surface area contributed by atoms with E-state index in [0.29, 0.717) is 24.7 Å². The predicted molar refractivity (Wildman–Crippen MR) is 94.6 cm³/mol. The number of amides is 1. The maximum absolute atomic E-state index is 12.4. The van der Waals surface area contributed by atoms with Crippen LogP contribution in [0.15, 0.2) is 24.3 Å². The van der Waals surface area contributed by atoms with Crippen LogP contribution in [0.3, 0.4) is 0 Å². The predicted octanol–water partition coefficient (Wildman–Crippen LogP) is 1.79. The van der Waals surface area contributed by atoms with Crippen molar-refractivity contribution in [2.24, 2.45) is 0 Å². The molecule has 1 fully saturated rings. The van der Waals surface area contributed by atoms with Crippen LogP contribution in [0, 0.1) is 0 Å². The molecule has 0 aromatic heterocycles. The third kappa shape index (κ3) is 5.39. The number of rotatable bonds is 7. The summed E-state index contributed by atoms with van der Waals surface area (Å²) in [5.41, 5.74) is 1.06. The minimum Gasteiger partial charge on any atom is -0.480 e. The van der Waals surface area contributed by atoms with Gasteiger partial charge in [0.2, 0.25) is 5.91 Å². The van der Waals surface area contributed by atoms with Crippen molar-refractivity contribution in [1.29, 1.82) is 0 Å². The van der Waals surface area contributed by atoms with Gasteiger partial charge in [0.15, 0.2) is 0 Å². The second-order valence-corrected chi connectivity index (χ2v) is 6.39. The highest BCUT2D eigenvalue weighted by Crippen LogP contribution is 2.20. The molecule has 6 nitrogen and oxygen atoms in total. The SMILES string of the molecule is CCCN(CC(=O)O)CC(=O)N1CCN(c2cccc(Cl)c2)CC1. The van der Waals surface area contributed by atoms with E-state index in [1.165, 1.54) is 0 Å². The fourth-order valence-electron chi connectivity index (χ4n) is 2.90. The largest absolute Gasteiger partial charge is 0.480 e. The number of anilines is 1. The van der Waals surface area contributed by atoms with Crippen molar-refractivity contribution in [3.63, 3.8) is 0 Å². The molecule has 1 N–H and O–H groups in total. The van der Waals surface area contributed by atoms with E-state index in [1.54, 1.807) is 4.90 Å². The molecule has 1 aliphatic heterocycles. The highest BCUT2D eigenvalue weighted by Gasteiger charge is 2.23. The molecule has 0 aliphatic carbocycles. The molecule has 1 aromatic carbocycles. The smallest absolute Gasteiger partial charge is 0.317 e. The molecule has 132 valence electrons. The van der Waals surface area contributed by atoms with Gasteiger partial charge in [-0.2, -0.15) is 0 Å². The van der Waals surface area contributed by atoms with Crippen molar-refractivity contribution < 1.29 is 14.7 Å². The van der Waals surface area contributed by atoms with Gasteiger partial charge in [0.1, 0.15) is 0 Å². The summed E-state index contributed by atoms with van der Waals surface area (Å²) < 4.78 is 0. The Bertz CT molecular complexity index is 574. The average Bonchev–Trinajstić information content (AvgIpc) is 2.54. The van der Waals surface area contributed by atoms with E-state index in [2.05, 4.69) is 4.90 Å². The molecule has 7 heteroatoms. The highest BCUT2D eigenvalue weighted by molar-refractivity contribution is 6.30. The Labute approximate surface area is 147 Å². The normalized spacial score (nSPS) is 15.0. The van der Waals surface area contributed by atoms with Crippen molar-refractivity contribution in [1.82, 2.24) is 9.80 Å². The van der Waals surface area contributed by atoms with Gasteiger partial charge in [-0.1, -0.05) is 24.6 Å². The lowest BCUT2D eigenvalue weighted by Gasteiger charge is -2.37. The van der Waals surface area contributed by atoms with Crippen LogP contribution in [-0.2, 0) is 9.59 Å². The summed E-state index contributed by atoms with van der Waals surface area (Å²) in [4.78, 5) is 29.0. The Kier molecular flexibility index (Phi) is 6.87. The molecule has 1 heterocycles. The van der Waals surface area contributed by atoms with Gasteiger partial charge in [-0.05, 0) is 31.2 Å². The van der Waals surface area contributed by atoms with E-state index >= 15 is 0 Å². The van der Waals surface area contributed by atoms with Crippen molar-refractivity contribution >= 4 is 29.2 Å². The van der Waals surface area contributed by atoms with Crippen molar-refractivity contribution in [2.45, 2.75) is 13.3 Å². The molecule has 0 saturated carbocycles. The molecule has 1 aromatic rings. The second kappa shape index (κ2) is 8.89. The standard InChI is InChI=1S/C17H24ClN3O3/c1-2-6-19(13-17(23)24)12-16(22)21-9-7-20(8-10-21)15-5-3-4-14(18)11-15/h3-5,11H,2,6-10,12-13H2,1H3,(H,23,24). The molecule has 0 radical (unpaired) electrons. The minimum atomic E-state index is -0.901. The van der Waals surface area contributed by atoms with Gasteiger partial charge in [0.25, 0.3) is 0 Å². The number of carbonyl (C=O) groups is 2. The number of aliphatic carboxylic acids is 1. The lowest BCUT2D eigenvalue weighted by atomic mass is 10.2. The first-order valence-electron chi connectivity index (χ1n) is 8.22. The molecule has 0 unspecified atom stereocenters. The first-order valence-corrected chi connectivity index (χ1v) is 8.60. The summed E-state index contributed by atoms with van der Waals surface area (Å²) in [7, 11) is 0. The van der Waals surface area contributed by atoms with E-state index < -0.39 is 5.97 Å². The number of hydrogen-bond acceptors (Lipinski definition) is 4. The van der Waals surface area contributed by atoms with E-state index in [9.17, 15) is 9.59 Å². The zero-order chi connectivity index (χ0) is 17.5. The molecule has 2 rings (SSSR count). The van der Waals surface area contributed by atoms with Crippen LogP contribution in [0.4, 0.5) is 5.69 Å². The lowest BCUT2D eigenvalue weighted by Crippen LogP contribution is -2.51. The Balaban J connectivity index is 1.86. The number of nitrogens with zero attached hydrogens (tertiary/aromatic N) is 3. The molecule has 0 atom stereocenters. The summed E-state index contributed by atoms with van der Waals surface area (Å²) in [5.74, 6) is -0.905. The highest BCUT2D eigenvalue weighted by atomic mass is 35.5. The van der Waals surface area contributed by atoms with Gasteiger partial charge in [0, 0.05) is 36.9 Å². The fraction of sp³-hybridized carbons (Fsp3) is 0.529. The van der Waals surface area contributed by atoms with Gasteiger partial charge >= 0.3 is 5.97 Å². The van der Waals surface area contributed by atoms with Gasteiger partial charge in [0.05, 0.1) is 13.1 Å². The molecule has 1 saturated heterocycles. The summed E-state index contributed by atoms with van der Waals surface area (Å²) in [6.45, 7) is 5.43. The van der Waals surface area contributed by atoms with Crippen LogP contribution in [0.25, 0.3) is 0 Å². The third-order valence-electron chi connectivity index (χ3n) is 4.06.